The lowest BCUT2D eigenvalue weighted by Crippen LogP contribution is -2.39. The van der Waals surface area contributed by atoms with Gasteiger partial charge in [0.05, 0.1) is 19.6 Å². The summed E-state index contributed by atoms with van der Waals surface area (Å²) in [7, 11) is -15.1. The third kappa shape index (κ3) is 26.3. The van der Waals surface area contributed by atoms with Gasteiger partial charge in [-0.3, -0.25) is 0 Å². The van der Waals surface area contributed by atoms with Gasteiger partial charge in [0, 0.05) is 26.2 Å². The van der Waals surface area contributed by atoms with E-state index in [0.717, 1.165) is 73.6 Å². The minimum Gasteiger partial charge on any atom is -0.337 e. The van der Waals surface area contributed by atoms with Crippen molar-refractivity contribution in [1.29, 1.82) is 0 Å². The average Bonchev–Trinajstić information content (AvgIpc) is 3.30. The molecule has 0 bridgehead atoms. The molecule has 0 aliphatic carbocycles. The van der Waals surface area contributed by atoms with Crippen LogP contribution in [0.5, 0.6) is 0 Å². The van der Waals surface area contributed by atoms with E-state index in [9.17, 15) is 52.8 Å². The number of carbonyl (C=O) groups is 4. The Hall–Kier alpha value is -6.24. The van der Waals surface area contributed by atoms with Gasteiger partial charge in [-0.25, -0.2) is 71.7 Å². The summed E-state index contributed by atoms with van der Waals surface area (Å²) < 4.78 is 102. The van der Waals surface area contributed by atoms with Crippen LogP contribution in [0.2, 0.25) is 0 Å². The van der Waals surface area contributed by atoms with Crippen LogP contribution in [0, 0.1) is 27.7 Å². The Labute approximate surface area is 426 Å². The second-order valence-corrected chi connectivity index (χ2v) is 22.8. The molecule has 0 saturated carbocycles. The first-order valence-electron chi connectivity index (χ1n) is 23.3. The average molecular weight is 1080 g/mol. The number of urea groups is 4. The van der Waals surface area contributed by atoms with Crippen LogP contribution < -0.4 is 40.2 Å². The van der Waals surface area contributed by atoms with Crippen LogP contribution in [0.1, 0.15) is 101 Å². The van der Waals surface area contributed by atoms with Crippen molar-refractivity contribution < 1.29 is 52.8 Å². The van der Waals surface area contributed by atoms with E-state index in [2.05, 4.69) is 21.3 Å². The SMILES string of the molecule is CCCCNC(=O)NS(=O)(=O)c1ccc(C)cc1.CCCCNC(=O)NS(=O)(=O)c1ccc(C)cc1.CCCCNC(=O)NS(=O)(=O)c1ccc(C)cc1.CCCCNC(=O)NS(=O)(=O)c1ccc(C)cc1. The maximum Gasteiger partial charge on any atom is 0.328 e. The van der Waals surface area contributed by atoms with E-state index in [0.29, 0.717) is 26.2 Å². The van der Waals surface area contributed by atoms with Gasteiger partial charge in [0.2, 0.25) is 0 Å². The Morgan fingerprint density at radius 1 is 0.306 bits per heavy atom. The van der Waals surface area contributed by atoms with Gasteiger partial charge >= 0.3 is 24.1 Å². The lowest BCUT2D eigenvalue weighted by atomic mass is 10.2. The summed E-state index contributed by atoms with van der Waals surface area (Å²) in [4.78, 5) is 45.8. The fraction of sp³-hybridized carbons (Fsp3) is 0.417. The van der Waals surface area contributed by atoms with Crippen LogP contribution >= 0.6 is 0 Å². The summed E-state index contributed by atoms with van der Waals surface area (Å²) >= 11 is 0. The van der Waals surface area contributed by atoms with Crippen LogP contribution in [0.25, 0.3) is 0 Å². The topological polar surface area (TPSA) is 301 Å². The second kappa shape index (κ2) is 32.7. The number of aryl methyl sites for hydroxylation is 4. The highest BCUT2D eigenvalue weighted by Crippen LogP contribution is 2.13. The molecule has 4 rings (SSSR count). The third-order valence-electron chi connectivity index (χ3n) is 9.50. The van der Waals surface area contributed by atoms with Crippen molar-refractivity contribution in [2.24, 2.45) is 0 Å². The number of benzene rings is 4. The van der Waals surface area contributed by atoms with E-state index < -0.39 is 64.2 Å². The molecule has 0 aliphatic rings. The smallest absolute Gasteiger partial charge is 0.328 e. The second-order valence-electron chi connectivity index (χ2n) is 16.1. The molecular weight excluding hydrogens is 1010 g/mol. The van der Waals surface area contributed by atoms with E-state index in [1.165, 1.54) is 48.5 Å². The summed E-state index contributed by atoms with van der Waals surface area (Å²) in [5.74, 6) is 0. The van der Waals surface area contributed by atoms with Crippen molar-refractivity contribution >= 4 is 64.2 Å². The molecule has 0 heterocycles. The minimum atomic E-state index is -3.78. The first kappa shape index (κ1) is 63.8. The molecule has 4 aromatic carbocycles. The molecule has 8 N–H and O–H groups in total. The first-order valence-corrected chi connectivity index (χ1v) is 29.2. The lowest BCUT2D eigenvalue weighted by Gasteiger charge is -2.08. The number of amides is 8. The number of unbranched alkanes of at least 4 members (excludes halogenated alkanes) is 4. The van der Waals surface area contributed by atoms with Gasteiger partial charge in [0.25, 0.3) is 40.1 Å². The van der Waals surface area contributed by atoms with Gasteiger partial charge in [0.15, 0.2) is 0 Å². The van der Waals surface area contributed by atoms with Gasteiger partial charge in [-0.1, -0.05) is 124 Å². The van der Waals surface area contributed by atoms with Gasteiger partial charge in [-0.05, 0) is 102 Å². The number of sulfonamides is 4. The number of hydrogen-bond donors (Lipinski definition) is 8. The Morgan fingerprint density at radius 3 is 0.597 bits per heavy atom. The fourth-order valence-corrected chi connectivity index (χ4v) is 8.97. The highest BCUT2D eigenvalue weighted by atomic mass is 32.2. The zero-order valence-corrected chi connectivity index (χ0v) is 45.5. The molecule has 0 aromatic heterocycles. The van der Waals surface area contributed by atoms with E-state index in [1.807, 2.05) is 74.3 Å². The Morgan fingerprint density at radius 2 is 0.458 bits per heavy atom. The number of carbonyl (C=O) groups excluding carboxylic acids is 4. The summed E-state index contributed by atoms with van der Waals surface area (Å²) in [6.45, 7) is 17.3. The van der Waals surface area contributed by atoms with Gasteiger partial charge in [-0.15, -0.1) is 0 Å². The van der Waals surface area contributed by atoms with Gasteiger partial charge in [0.1, 0.15) is 0 Å². The van der Waals surface area contributed by atoms with Crippen LogP contribution in [0.15, 0.2) is 117 Å². The monoisotopic (exact) mass is 1080 g/mol. The Balaban J connectivity index is 0.000000480. The van der Waals surface area contributed by atoms with Crippen molar-refractivity contribution in [1.82, 2.24) is 40.2 Å². The molecule has 8 amide bonds. The largest absolute Gasteiger partial charge is 0.337 e. The standard InChI is InChI=1S/4C12H18N2O3S/c4*1-3-4-9-13-12(15)14-18(16,17)11-7-5-10(2)6-8-11/h4*5-8H,3-4,9H2,1-2H3,(H2,13,14,15). The van der Waals surface area contributed by atoms with Crippen LogP contribution in [-0.4, -0.2) is 84.0 Å². The molecule has 72 heavy (non-hydrogen) atoms. The minimum absolute atomic E-state index is 0.0822. The number of nitrogens with one attached hydrogen (secondary N) is 8. The molecule has 24 heteroatoms. The molecule has 0 spiro atoms. The normalized spacial score (nSPS) is 11.0. The molecule has 0 saturated heterocycles. The summed E-state index contributed by atoms with van der Waals surface area (Å²) in [6.07, 6.45) is 7.01. The van der Waals surface area contributed by atoms with E-state index in [4.69, 9.17) is 0 Å². The maximum atomic E-state index is 11.8. The van der Waals surface area contributed by atoms with E-state index in [1.54, 1.807) is 48.5 Å². The predicted octanol–water partition coefficient (Wildman–Crippen LogP) is 7.13. The highest BCUT2D eigenvalue weighted by molar-refractivity contribution is 7.91. The molecule has 20 nitrogen and oxygen atoms in total. The van der Waals surface area contributed by atoms with Crippen LogP contribution in [-0.2, 0) is 40.1 Å². The lowest BCUT2D eigenvalue weighted by molar-refractivity contribution is 0.244. The molecule has 0 radical (unpaired) electrons. The third-order valence-corrected chi connectivity index (χ3v) is 14.9. The predicted molar refractivity (Wildman–Crippen MR) is 279 cm³/mol. The zero-order chi connectivity index (χ0) is 54.4. The maximum absolute atomic E-state index is 11.8. The van der Waals surface area contributed by atoms with Crippen molar-refractivity contribution in [3.63, 3.8) is 0 Å². The van der Waals surface area contributed by atoms with Crippen molar-refractivity contribution in [3.05, 3.63) is 119 Å². The molecule has 0 fully saturated rings. The molecule has 0 unspecified atom stereocenters. The number of rotatable bonds is 20. The molecule has 400 valence electrons. The van der Waals surface area contributed by atoms with Crippen LogP contribution in [0.3, 0.4) is 0 Å². The summed E-state index contributed by atoms with van der Waals surface area (Å²) in [5.41, 5.74) is 3.84. The highest BCUT2D eigenvalue weighted by Gasteiger charge is 2.20. The van der Waals surface area contributed by atoms with E-state index in [-0.39, 0.29) is 19.6 Å². The van der Waals surface area contributed by atoms with E-state index >= 15 is 0 Å². The molecule has 4 aromatic rings. The van der Waals surface area contributed by atoms with Crippen molar-refractivity contribution in [3.8, 4) is 0 Å². The fourth-order valence-electron chi connectivity index (χ4n) is 5.25. The number of hydrogen-bond acceptors (Lipinski definition) is 12. The van der Waals surface area contributed by atoms with Gasteiger partial charge < -0.3 is 21.3 Å². The summed E-state index contributed by atoms with van der Waals surface area (Å²) in [6, 6.07) is 22.5. The Bertz CT molecular complexity index is 2360. The molecule has 0 aliphatic heterocycles. The quantitative estimate of drug-likeness (QED) is 0.0410. The van der Waals surface area contributed by atoms with Crippen LogP contribution in [0.4, 0.5) is 19.2 Å². The molecule has 0 atom stereocenters. The molecular formula is C48H72N8O12S4. The zero-order valence-electron chi connectivity index (χ0n) is 42.3. The summed E-state index contributed by atoms with van der Waals surface area (Å²) in [5, 5.41) is 9.97. The van der Waals surface area contributed by atoms with Crippen molar-refractivity contribution in [2.45, 2.75) is 126 Å². The van der Waals surface area contributed by atoms with Crippen molar-refractivity contribution in [2.75, 3.05) is 26.2 Å². The Kier molecular flexibility index (Phi) is 28.9. The van der Waals surface area contributed by atoms with Gasteiger partial charge in [-0.2, -0.15) is 0 Å². The first-order chi connectivity index (χ1) is 33.8.